The third-order valence-electron chi connectivity index (χ3n) is 3.48. The van der Waals surface area contributed by atoms with E-state index in [1.807, 2.05) is 49.5 Å². The number of nitrogens with one attached hydrogen (secondary N) is 1. The molecule has 3 rings (SSSR count). The van der Waals surface area contributed by atoms with Crippen molar-refractivity contribution < 1.29 is 9.32 Å². The Morgan fingerprint density at radius 2 is 2.13 bits per heavy atom. The molecule has 2 aromatic heterocycles. The second-order valence-electron chi connectivity index (χ2n) is 5.37. The molecule has 23 heavy (non-hydrogen) atoms. The van der Waals surface area contributed by atoms with E-state index < -0.39 is 0 Å². The van der Waals surface area contributed by atoms with Gasteiger partial charge in [0.2, 0.25) is 5.91 Å². The lowest BCUT2D eigenvalue weighted by molar-refractivity contribution is -0.121. The van der Waals surface area contributed by atoms with Gasteiger partial charge in [0.1, 0.15) is 5.76 Å². The van der Waals surface area contributed by atoms with Gasteiger partial charge in [0, 0.05) is 18.5 Å². The predicted octanol–water partition coefficient (Wildman–Crippen LogP) is 2.28. The summed E-state index contributed by atoms with van der Waals surface area (Å²) in [7, 11) is 0. The number of hydrogen-bond acceptors (Lipinski definition) is 4. The van der Waals surface area contributed by atoms with E-state index in [2.05, 4.69) is 15.6 Å². The molecule has 3 aromatic rings. The van der Waals surface area contributed by atoms with Gasteiger partial charge in [-0.1, -0.05) is 35.5 Å². The zero-order valence-corrected chi connectivity index (χ0v) is 12.8. The van der Waals surface area contributed by atoms with Gasteiger partial charge in [0.05, 0.1) is 24.7 Å². The van der Waals surface area contributed by atoms with Crippen LogP contribution < -0.4 is 5.32 Å². The standard InChI is InChI=1S/C17H18N4O2/c1-13-10-15(23-20-13)11-17(22)19-16(12-21-9-5-8-18-21)14-6-3-2-4-7-14/h2-10,16H,11-12H2,1H3,(H,19,22)/t16-/m0/s1. The summed E-state index contributed by atoms with van der Waals surface area (Å²) in [5.41, 5.74) is 1.80. The first-order chi connectivity index (χ1) is 11.2. The van der Waals surface area contributed by atoms with Crippen LogP contribution in [0.15, 0.2) is 59.4 Å². The van der Waals surface area contributed by atoms with E-state index in [1.165, 1.54) is 0 Å². The van der Waals surface area contributed by atoms with Crippen molar-refractivity contribution in [1.29, 1.82) is 0 Å². The van der Waals surface area contributed by atoms with Gasteiger partial charge in [0.25, 0.3) is 0 Å². The molecule has 0 aliphatic heterocycles. The van der Waals surface area contributed by atoms with Gasteiger partial charge >= 0.3 is 0 Å². The third-order valence-corrected chi connectivity index (χ3v) is 3.48. The molecular weight excluding hydrogens is 292 g/mol. The van der Waals surface area contributed by atoms with Crippen LogP contribution in [0.5, 0.6) is 0 Å². The molecule has 1 aromatic carbocycles. The Kier molecular flexibility index (Phi) is 4.52. The molecule has 0 saturated carbocycles. The number of aromatic nitrogens is 3. The van der Waals surface area contributed by atoms with E-state index in [1.54, 1.807) is 16.9 Å². The van der Waals surface area contributed by atoms with Gasteiger partial charge in [-0.2, -0.15) is 5.10 Å². The van der Waals surface area contributed by atoms with Crippen molar-refractivity contribution in [3.8, 4) is 0 Å². The summed E-state index contributed by atoms with van der Waals surface area (Å²) in [6.07, 6.45) is 3.77. The first-order valence-electron chi connectivity index (χ1n) is 7.44. The van der Waals surface area contributed by atoms with Crippen LogP contribution >= 0.6 is 0 Å². The number of nitrogens with zero attached hydrogens (tertiary/aromatic N) is 3. The van der Waals surface area contributed by atoms with Crippen LogP contribution in [0.3, 0.4) is 0 Å². The fraction of sp³-hybridized carbons (Fsp3) is 0.235. The minimum Gasteiger partial charge on any atom is -0.361 e. The summed E-state index contributed by atoms with van der Waals surface area (Å²) in [5, 5.41) is 11.1. The summed E-state index contributed by atoms with van der Waals surface area (Å²) in [6, 6.07) is 13.3. The maximum atomic E-state index is 12.3. The second-order valence-corrected chi connectivity index (χ2v) is 5.37. The van der Waals surface area contributed by atoms with Crippen molar-refractivity contribution >= 4 is 5.91 Å². The lowest BCUT2D eigenvalue weighted by Gasteiger charge is -2.19. The Bertz CT molecular complexity index is 750. The molecule has 0 aliphatic rings. The van der Waals surface area contributed by atoms with Gasteiger partial charge in [-0.05, 0) is 18.6 Å². The lowest BCUT2D eigenvalue weighted by atomic mass is 10.1. The number of carbonyl (C=O) groups excluding carboxylic acids is 1. The van der Waals surface area contributed by atoms with Crippen LogP contribution in [0.25, 0.3) is 0 Å². The SMILES string of the molecule is Cc1cc(CC(=O)N[C@@H](Cn2cccn2)c2ccccc2)on1. The Hall–Kier alpha value is -2.89. The monoisotopic (exact) mass is 310 g/mol. The molecule has 1 amide bonds. The molecule has 2 heterocycles. The van der Waals surface area contributed by atoms with E-state index in [4.69, 9.17) is 4.52 Å². The molecule has 1 atom stereocenters. The molecule has 1 N–H and O–H groups in total. The number of rotatable bonds is 6. The summed E-state index contributed by atoms with van der Waals surface area (Å²) in [6.45, 7) is 2.40. The predicted molar refractivity (Wildman–Crippen MR) is 84.5 cm³/mol. The first-order valence-corrected chi connectivity index (χ1v) is 7.44. The topological polar surface area (TPSA) is 73.0 Å². The van der Waals surface area contributed by atoms with Crippen LogP contribution in [0.2, 0.25) is 0 Å². The maximum absolute atomic E-state index is 12.3. The van der Waals surface area contributed by atoms with Gasteiger partial charge in [-0.25, -0.2) is 0 Å². The highest BCUT2D eigenvalue weighted by atomic mass is 16.5. The van der Waals surface area contributed by atoms with Gasteiger partial charge in [-0.3, -0.25) is 9.48 Å². The number of aryl methyl sites for hydroxylation is 1. The number of amides is 1. The maximum Gasteiger partial charge on any atom is 0.228 e. The summed E-state index contributed by atoms with van der Waals surface area (Å²) in [4.78, 5) is 12.3. The highest BCUT2D eigenvalue weighted by molar-refractivity contribution is 5.78. The average Bonchev–Trinajstić information content (AvgIpc) is 3.19. The van der Waals surface area contributed by atoms with Crippen molar-refractivity contribution in [2.24, 2.45) is 0 Å². The molecule has 0 bridgehead atoms. The van der Waals surface area contributed by atoms with Crippen molar-refractivity contribution in [2.45, 2.75) is 25.9 Å². The molecule has 6 heteroatoms. The largest absolute Gasteiger partial charge is 0.361 e. The fourth-order valence-electron chi connectivity index (χ4n) is 2.42. The Balaban J connectivity index is 1.71. The van der Waals surface area contributed by atoms with Crippen LogP contribution in [0.1, 0.15) is 23.1 Å². The molecule has 0 unspecified atom stereocenters. The fourth-order valence-corrected chi connectivity index (χ4v) is 2.42. The second kappa shape index (κ2) is 6.91. The minimum atomic E-state index is -0.160. The van der Waals surface area contributed by atoms with Crippen LogP contribution in [-0.4, -0.2) is 20.8 Å². The number of carbonyl (C=O) groups is 1. The van der Waals surface area contributed by atoms with Crippen LogP contribution in [0, 0.1) is 6.92 Å². The van der Waals surface area contributed by atoms with Gasteiger partial charge < -0.3 is 9.84 Å². The number of benzene rings is 1. The average molecular weight is 310 g/mol. The zero-order valence-electron chi connectivity index (χ0n) is 12.8. The minimum absolute atomic E-state index is 0.109. The Labute approximate surface area is 134 Å². The Morgan fingerprint density at radius 3 is 2.78 bits per heavy atom. The molecule has 0 radical (unpaired) electrons. The van der Waals surface area contributed by atoms with E-state index >= 15 is 0 Å². The highest BCUT2D eigenvalue weighted by Gasteiger charge is 2.17. The van der Waals surface area contributed by atoms with Crippen LogP contribution in [0.4, 0.5) is 0 Å². The van der Waals surface area contributed by atoms with Crippen LogP contribution in [-0.2, 0) is 17.8 Å². The highest BCUT2D eigenvalue weighted by Crippen LogP contribution is 2.15. The molecule has 0 aliphatic carbocycles. The van der Waals surface area contributed by atoms with E-state index in [-0.39, 0.29) is 18.4 Å². The Morgan fingerprint density at radius 1 is 1.30 bits per heavy atom. The van der Waals surface area contributed by atoms with E-state index in [9.17, 15) is 4.79 Å². The molecule has 118 valence electrons. The van der Waals surface area contributed by atoms with Crippen molar-refractivity contribution in [3.05, 3.63) is 71.9 Å². The van der Waals surface area contributed by atoms with Gasteiger partial charge in [-0.15, -0.1) is 0 Å². The smallest absolute Gasteiger partial charge is 0.228 e. The van der Waals surface area contributed by atoms with E-state index in [0.29, 0.717) is 12.3 Å². The number of hydrogen-bond donors (Lipinski definition) is 1. The molecule has 6 nitrogen and oxygen atoms in total. The zero-order chi connectivity index (χ0) is 16.1. The normalized spacial score (nSPS) is 12.0. The lowest BCUT2D eigenvalue weighted by Crippen LogP contribution is -2.32. The summed E-state index contributed by atoms with van der Waals surface area (Å²) >= 11 is 0. The quantitative estimate of drug-likeness (QED) is 0.758. The van der Waals surface area contributed by atoms with Crippen molar-refractivity contribution in [3.63, 3.8) is 0 Å². The first kappa shape index (κ1) is 15.0. The molecular formula is C17H18N4O2. The third kappa shape index (κ3) is 4.06. The van der Waals surface area contributed by atoms with Crippen molar-refractivity contribution in [2.75, 3.05) is 0 Å². The molecule has 0 fully saturated rings. The van der Waals surface area contributed by atoms with E-state index in [0.717, 1.165) is 11.3 Å². The molecule has 0 saturated heterocycles. The van der Waals surface area contributed by atoms with Crippen molar-refractivity contribution in [1.82, 2.24) is 20.3 Å². The summed E-state index contributed by atoms with van der Waals surface area (Å²) in [5.74, 6) is 0.452. The van der Waals surface area contributed by atoms with Gasteiger partial charge in [0.15, 0.2) is 0 Å². The summed E-state index contributed by atoms with van der Waals surface area (Å²) < 4.78 is 6.90. The molecule has 0 spiro atoms.